The van der Waals surface area contributed by atoms with Gasteiger partial charge in [0.05, 0.1) is 11.4 Å². The van der Waals surface area contributed by atoms with E-state index in [0.717, 1.165) is 28.1 Å². The molecule has 32 heavy (non-hydrogen) atoms. The van der Waals surface area contributed by atoms with E-state index < -0.39 is 6.17 Å². The van der Waals surface area contributed by atoms with Gasteiger partial charge in [-0.1, -0.05) is 59.6 Å². The van der Waals surface area contributed by atoms with Crippen LogP contribution in [-0.4, -0.2) is 29.9 Å². The molecule has 0 fully saturated rings. The lowest BCUT2D eigenvalue weighted by Gasteiger charge is -2.22. The number of benzodiazepines with no additional fused rings is 1. The number of nitrogens with zero attached hydrogens (tertiary/aromatic N) is 2. The van der Waals surface area contributed by atoms with E-state index in [0.29, 0.717) is 15.8 Å². The minimum Gasteiger partial charge on any atom is -0.333 e. The zero-order valence-corrected chi connectivity index (χ0v) is 19.7. The number of amides is 1. The molecule has 2 N–H and O–H groups in total. The van der Waals surface area contributed by atoms with Gasteiger partial charge in [-0.05, 0) is 55.0 Å². The van der Waals surface area contributed by atoms with Crippen molar-refractivity contribution >= 4 is 63.5 Å². The van der Waals surface area contributed by atoms with Crippen LogP contribution in [0.3, 0.4) is 0 Å². The Kier molecular flexibility index (Phi) is 6.46. The fourth-order valence-electron chi connectivity index (χ4n) is 3.48. The van der Waals surface area contributed by atoms with Gasteiger partial charge in [0.25, 0.3) is 5.91 Å². The van der Waals surface area contributed by atoms with Gasteiger partial charge in [0.1, 0.15) is 0 Å². The van der Waals surface area contributed by atoms with E-state index in [1.807, 2.05) is 55.5 Å². The number of fused-ring (bicyclic) bond motifs is 1. The van der Waals surface area contributed by atoms with Crippen LogP contribution in [0.5, 0.6) is 0 Å². The van der Waals surface area contributed by atoms with Gasteiger partial charge in [0.15, 0.2) is 5.11 Å². The second kappa shape index (κ2) is 9.28. The molecule has 1 atom stereocenters. The molecule has 0 aromatic heterocycles. The van der Waals surface area contributed by atoms with Crippen LogP contribution in [0.2, 0.25) is 10.0 Å². The zero-order valence-electron chi connectivity index (χ0n) is 17.4. The monoisotopic (exact) mass is 482 g/mol. The van der Waals surface area contributed by atoms with E-state index in [-0.39, 0.29) is 11.0 Å². The molecule has 0 spiro atoms. The smallest absolute Gasteiger partial charge is 0.272 e. The Morgan fingerprint density at radius 2 is 1.72 bits per heavy atom. The highest BCUT2D eigenvalue weighted by atomic mass is 35.5. The summed E-state index contributed by atoms with van der Waals surface area (Å²) >= 11 is 17.9. The van der Waals surface area contributed by atoms with E-state index in [4.69, 9.17) is 40.4 Å². The van der Waals surface area contributed by atoms with Crippen molar-refractivity contribution in [2.45, 2.75) is 13.1 Å². The van der Waals surface area contributed by atoms with E-state index in [1.54, 1.807) is 30.1 Å². The number of likely N-dealkylation sites (N-methyl/N-ethyl adjacent to an activating group) is 1. The minimum absolute atomic E-state index is 0.244. The average Bonchev–Trinajstić information content (AvgIpc) is 2.87. The maximum absolute atomic E-state index is 13.3. The number of halogens is 2. The molecule has 1 amide bonds. The maximum atomic E-state index is 13.3. The Morgan fingerprint density at radius 3 is 2.47 bits per heavy atom. The SMILES string of the molecule is Cc1ccc(Cl)cc1NC(=S)NC1N=C(c2ccccc2)c2cc(Cl)ccc2N(C)C1=O. The zero-order chi connectivity index (χ0) is 22.8. The molecule has 0 saturated carbocycles. The number of nitrogens with one attached hydrogen (secondary N) is 2. The van der Waals surface area contributed by atoms with Crippen molar-refractivity contribution in [3.05, 3.63) is 93.5 Å². The quantitative estimate of drug-likeness (QED) is 0.488. The van der Waals surface area contributed by atoms with Crippen molar-refractivity contribution in [1.29, 1.82) is 0 Å². The molecule has 0 radical (unpaired) electrons. The van der Waals surface area contributed by atoms with Gasteiger partial charge in [-0.15, -0.1) is 0 Å². The van der Waals surface area contributed by atoms with Gasteiger partial charge < -0.3 is 15.5 Å². The molecular formula is C24H20Cl2N4OS. The number of benzene rings is 3. The number of carbonyl (C=O) groups is 1. The van der Waals surface area contributed by atoms with Crippen molar-refractivity contribution in [1.82, 2.24) is 5.32 Å². The standard InChI is InChI=1S/C24H20Cl2N4OS/c1-14-8-9-17(26)13-19(14)27-24(32)29-22-23(31)30(2)20-11-10-16(25)12-18(20)21(28-22)15-6-4-3-5-7-15/h3-13,22H,1-2H3,(H2,27,29,32). The first-order valence-electron chi connectivity index (χ1n) is 9.88. The van der Waals surface area contributed by atoms with Crippen LogP contribution in [0.1, 0.15) is 16.7 Å². The highest BCUT2D eigenvalue weighted by Gasteiger charge is 2.30. The minimum atomic E-state index is -0.930. The van der Waals surface area contributed by atoms with Crippen LogP contribution in [0.15, 0.2) is 71.7 Å². The van der Waals surface area contributed by atoms with E-state index in [1.165, 1.54) is 0 Å². The third kappa shape index (κ3) is 4.63. The number of rotatable bonds is 3. The summed E-state index contributed by atoms with van der Waals surface area (Å²) < 4.78 is 0. The second-order valence-corrected chi connectivity index (χ2v) is 8.64. The van der Waals surface area contributed by atoms with Gasteiger partial charge >= 0.3 is 0 Å². The largest absolute Gasteiger partial charge is 0.333 e. The lowest BCUT2D eigenvalue weighted by molar-refractivity contribution is -0.119. The number of anilines is 2. The fraction of sp³-hybridized carbons (Fsp3) is 0.125. The molecule has 1 unspecified atom stereocenters. The first kappa shape index (κ1) is 22.3. The Morgan fingerprint density at radius 1 is 1.03 bits per heavy atom. The van der Waals surface area contributed by atoms with Crippen LogP contribution >= 0.6 is 35.4 Å². The number of carbonyl (C=O) groups excluding carboxylic acids is 1. The van der Waals surface area contributed by atoms with Gasteiger partial charge in [0.2, 0.25) is 6.17 Å². The van der Waals surface area contributed by atoms with E-state index >= 15 is 0 Å². The Hall–Kier alpha value is -2.93. The summed E-state index contributed by atoms with van der Waals surface area (Å²) in [5, 5.41) is 7.58. The van der Waals surface area contributed by atoms with Crippen molar-refractivity contribution < 1.29 is 4.79 Å². The first-order chi connectivity index (χ1) is 15.3. The molecule has 8 heteroatoms. The molecule has 0 aliphatic carbocycles. The summed E-state index contributed by atoms with van der Waals surface area (Å²) in [4.78, 5) is 19.6. The van der Waals surface area contributed by atoms with Crippen LogP contribution < -0.4 is 15.5 Å². The van der Waals surface area contributed by atoms with Crippen LogP contribution in [-0.2, 0) is 4.79 Å². The summed E-state index contributed by atoms with van der Waals surface area (Å²) in [6.45, 7) is 1.94. The van der Waals surface area contributed by atoms with Crippen molar-refractivity contribution in [3.63, 3.8) is 0 Å². The van der Waals surface area contributed by atoms with Gasteiger partial charge in [-0.25, -0.2) is 4.99 Å². The number of thiocarbonyl (C=S) groups is 1. The molecule has 1 aliphatic rings. The predicted molar refractivity (Wildman–Crippen MR) is 136 cm³/mol. The summed E-state index contributed by atoms with van der Waals surface area (Å²) in [5.74, 6) is -0.244. The predicted octanol–water partition coefficient (Wildman–Crippen LogP) is 5.43. The Balaban J connectivity index is 1.72. The van der Waals surface area contributed by atoms with Crippen molar-refractivity contribution in [2.24, 2.45) is 4.99 Å². The highest BCUT2D eigenvalue weighted by Crippen LogP contribution is 2.30. The van der Waals surface area contributed by atoms with Gasteiger partial charge in [-0.3, -0.25) is 4.79 Å². The van der Waals surface area contributed by atoms with Crippen LogP contribution in [0.25, 0.3) is 0 Å². The van der Waals surface area contributed by atoms with E-state index in [9.17, 15) is 4.79 Å². The molecule has 0 saturated heterocycles. The summed E-state index contributed by atoms with van der Waals surface area (Å²) in [6, 6.07) is 20.6. The third-order valence-corrected chi connectivity index (χ3v) is 5.85. The van der Waals surface area contributed by atoms with Crippen LogP contribution in [0.4, 0.5) is 11.4 Å². The van der Waals surface area contributed by atoms with E-state index in [2.05, 4.69) is 10.6 Å². The maximum Gasteiger partial charge on any atom is 0.272 e. The second-order valence-electron chi connectivity index (χ2n) is 7.36. The highest BCUT2D eigenvalue weighted by molar-refractivity contribution is 7.80. The summed E-state index contributed by atoms with van der Waals surface area (Å²) in [7, 11) is 1.71. The molecule has 3 aromatic rings. The third-order valence-electron chi connectivity index (χ3n) is 5.16. The molecule has 1 heterocycles. The molecular weight excluding hydrogens is 463 g/mol. The molecule has 0 bridgehead atoms. The molecule has 4 rings (SSSR count). The molecule has 5 nitrogen and oxygen atoms in total. The number of hydrogen-bond donors (Lipinski definition) is 2. The molecule has 3 aromatic carbocycles. The topological polar surface area (TPSA) is 56.7 Å². The van der Waals surface area contributed by atoms with Gasteiger partial charge in [0, 0.05) is 33.9 Å². The van der Waals surface area contributed by atoms with Crippen LogP contribution in [0, 0.1) is 6.92 Å². The first-order valence-corrected chi connectivity index (χ1v) is 11.0. The lowest BCUT2D eigenvalue weighted by atomic mass is 10.0. The van der Waals surface area contributed by atoms with Gasteiger partial charge in [-0.2, -0.15) is 0 Å². The number of aryl methyl sites for hydroxylation is 1. The van der Waals surface area contributed by atoms with Crippen molar-refractivity contribution in [3.8, 4) is 0 Å². The lowest BCUT2D eigenvalue weighted by Crippen LogP contribution is -2.47. The fourth-order valence-corrected chi connectivity index (χ4v) is 4.04. The molecule has 1 aliphatic heterocycles. The number of aliphatic imine (C=N–C) groups is 1. The number of hydrogen-bond acceptors (Lipinski definition) is 3. The average molecular weight is 483 g/mol. The summed E-state index contributed by atoms with van der Waals surface area (Å²) in [6.07, 6.45) is -0.930. The van der Waals surface area contributed by atoms with Crippen molar-refractivity contribution in [2.75, 3.05) is 17.3 Å². The summed E-state index contributed by atoms with van der Waals surface area (Å²) in [5.41, 5.74) is 4.74. The molecule has 162 valence electrons. The normalized spacial score (nSPS) is 15.5. The Bertz CT molecular complexity index is 1230. The Labute approximate surface area is 202 Å².